The number of fused-ring (bicyclic) bond motifs is 4. The van der Waals surface area contributed by atoms with Crippen LogP contribution in [0.5, 0.6) is 0 Å². The molecule has 0 nitrogen and oxygen atoms in total. The van der Waals surface area contributed by atoms with E-state index in [4.69, 9.17) is 0 Å². The molecule has 6 aromatic rings. The van der Waals surface area contributed by atoms with Crippen LogP contribution in [0.2, 0.25) is 0 Å². The normalized spacial score (nSPS) is 13.1. The van der Waals surface area contributed by atoms with Crippen molar-refractivity contribution in [1.82, 2.24) is 0 Å². The number of rotatable bonds is 9. The molecule has 0 aliphatic heterocycles. The van der Waals surface area contributed by atoms with Crippen molar-refractivity contribution in [1.29, 1.82) is 0 Å². The second kappa shape index (κ2) is 22.4. The highest BCUT2D eigenvalue weighted by Gasteiger charge is 2.37. The molecule has 2 aliphatic carbocycles. The molecule has 0 saturated carbocycles. The Morgan fingerprint density at radius 1 is 0.641 bits per heavy atom. The predicted molar refractivity (Wildman–Crippen MR) is 289 cm³/mol. The van der Waals surface area contributed by atoms with Gasteiger partial charge in [0.05, 0.1) is 0 Å². The first-order chi connectivity index (χ1) is 30.7. The number of thiophene rings is 1. The van der Waals surface area contributed by atoms with E-state index in [0.29, 0.717) is 0 Å². The number of benzene rings is 5. The summed E-state index contributed by atoms with van der Waals surface area (Å²) in [7, 11) is 0. The van der Waals surface area contributed by atoms with Crippen molar-refractivity contribution in [2.75, 3.05) is 0 Å². The molecule has 1 aromatic heterocycles. The minimum absolute atomic E-state index is 0.0406. The van der Waals surface area contributed by atoms with Gasteiger partial charge < -0.3 is 0 Å². The first kappa shape index (κ1) is 48.7. The van der Waals surface area contributed by atoms with Crippen molar-refractivity contribution in [3.8, 4) is 22.3 Å². The smallest absolute Gasteiger partial charge is 0.0159 e. The number of aryl methyl sites for hydroxylation is 6. The molecule has 0 atom stereocenters. The Morgan fingerprint density at radius 3 is 1.88 bits per heavy atom. The zero-order valence-corrected chi connectivity index (χ0v) is 40.8. The highest BCUT2D eigenvalue weighted by atomic mass is 32.1. The molecule has 64 heavy (non-hydrogen) atoms. The lowest BCUT2D eigenvalue weighted by Gasteiger charge is -2.23. The number of hydrogen-bond donors (Lipinski definition) is 0. The monoisotopic (exact) mass is 857 g/mol. The average molecular weight is 857 g/mol. The molecular weight excluding hydrogens is 789 g/mol. The van der Waals surface area contributed by atoms with E-state index in [1.807, 2.05) is 72.1 Å². The van der Waals surface area contributed by atoms with Crippen LogP contribution in [0.25, 0.3) is 51.6 Å². The van der Waals surface area contributed by atoms with Crippen molar-refractivity contribution in [3.63, 3.8) is 0 Å². The number of allylic oxidation sites excluding steroid dienone is 8. The van der Waals surface area contributed by atoms with Gasteiger partial charge in [-0.2, -0.15) is 0 Å². The van der Waals surface area contributed by atoms with E-state index >= 15 is 0 Å². The van der Waals surface area contributed by atoms with Crippen molar-refractivity contribution >= 4 is 40.7 Å². The van der Waals surface area contributed by atoms with Gasteiger partial charge in [0.2, 0.25) is 0 Å². The lowest BCUT2D eigenvalue weighted by atomic mass is 9.80. The Bertz CT molecular complexity index is 2740. The van der Waals surface area contributed by atoms with Crippen molar-refractivity contribution < 1.29 is 0 Å². The topological polar surface area (TPSA) is 0 Å². The quantitative estimate of drug-likeness (QED) is 0.127. The molecule has 0 radical (unpaired) electrons. The number of hydrogen-bond acceptors (Lipinski definition) is 1. The van der Waals surface area contributed by atoms with E-state index in [0.717, 1.165) is 6.42 Å². The van der Waals surface area contributed by atoms with E-state index in [1.165, 1.54) is 118 Å². The van der Waals surface area contributed by atoms with E-state index in [2.05, 4.69) is 186 Å². The summed E-state index contributed by atoms with van der Waals surface area (Å²) >= 11 is 1.94. The third-order valence-electron chi connectivity index (χ3n) is 12.4. The van der Waals surface area contributed by atoms with Crippen molar-refractivity contribution in [2.24, 2.45) is 0 Å². The molecule has 1 heteroatoms. The van der Waals surface area contributed by atoms with Crippen LogP contribution in [-0.2, 0) is 11.8 Å². The average Bonchev–Trinajstić information content (AvgIpc) is 3.74. The molecule has 1 heterocycles. The molecule has 0 spiro atoms. The van der Waals surface area contributed by atoms with E-state index in [1.54, 1.807) is 4.88 Å². The van der Waals surface area contributed by atoms with Gasteiger partial charge in [-0.1, -0.05) is 217 Å². The largest absolute Gasteiger partial charge is 0.144 e. The third-order valence-corrected chi connectivity index (χ3v) is 13.6. The minimum Gasteiger partial charge on any atom is -0.144 e. The second-order valence-corrected chi connectivity index (χ2v) is 18.5. The van der Waals surface area contributed by atoms with Crippen LogP contribution in [0.15, 0.2) is 172 Å². The summed E-state index contributed by atoms with van der Waals surface area (Å²) in [6.45, 7) is 39.4. The van der Waals surface area contributed by atoms with Gasteiger partial charge >= 0.3 is 0 Å². The lowest BCUT2D eigenvalue weighted by molar-refractivity contribution is 0.659. The van der Waals surface area contributed by atoms with Crippen LogP contribution in [0, 0.1) is 34.6 Å². The fraction of sp³-hybridized carbons (Fsp3) is 0.206. The Balaban J connectivity index is 0.000000170. The third kappa shape index (κ3) is 10.9. The summed E-state index contributed by atoms with van der Waals surface area (Å²) in [5, 5.41) is 0. The SMILES string of the molecule is C=C/C(CC)=C(\C=C)c1ccc(-c2ccccc2)cc1C.C=C/C=C\c1c(C)sc2c1C(C)=CCC2.C=Cc1c(C)cc2c(c1C=C)-c1ccc(C)cc1C2(C)C.Cc1ccccc1. The van der Waals surface area contributed by atoms with Gasteiger partial charge in [0, 0.05) is 15.2 Å². The van der Waals surface area contributed by atoms with E-state index in [-0.39, 0.29) is 5.41 Å². The molecule has 0 amide bonds. The Morgan fingerprint density at radius 2 is 1.31 bits per heavy atom. The summed E-state index contributed by atoms with van der Waals surface area (Å²) in [6, 6.07) is 36.4. The molecule has 0 unspecified atom stereocenters. The summed E-state index contributed by atoms with van der Waals surface area (Å²) in [6.07, 6.45) is 19.6. The van der Waals surface area contributed by atoms with Crippen LogP contribution in [0.4, 0.5) is 0 Å². The summed E-state index contributed by atoms with van der Waals surface area (Å²) in [5.41, 5.74) is 23.6. The second-order valence-electron chi connectivity index (χ2n) is 17.2. The summed E-state index contributed by atoms with van der Waals surface area (Å²) in [5.74, 6) is 0. The molecule has 5 aromatic carbocycles. The maximum atomic E-state index is 4.05. The van der Waals surface area contributed by atoms with Crippen LogP contribution < -0.4 is 0 Å². The molecule has 8 rings (SSSR count). The molecule has 326 valence electrons. The standard InChI is InChI=1S/2C21H22.C14H16S.C7H8/c1-7-15-14(4)12-19-20(16(15)8-2)17-10-9-13(3)11-18(17)21(19,5)6;1-5-17(6-2)20(7-3)21-14-13-19(15-16(21)4)18-11-9-8-10-12-18;1-4-5-8-12-11(3)15-13-9-6-7-10(2)14(12)13;1-7-5-3-2-4-6-7/h7-12H,1-2H2,3-6H3;5,7-15H,1,3,6H2,2,4H3;4-5,7-8H,1,6,9H2,2-3H3;2-6H,1H3/b;20-17-;8-5-;. The molecule has 0 N–H and O–H groups in total. The minimum atomic E-state index is 0.0406. The predicted octanol–water partition coefficient (Wildman–Crippen LogP) is 18.7. The van der Waals surface area contributed by atoms with Gasteiger partial charge in [-0.05, 0) is 150 Å². The molecular formula is C63H68S. The van der Waals surface area contributed by atoms with Crippen LogP contribution >= 0.6 is 11.3 Å². The molecule has 2 aliphatic rings. The molecule has 0 bridgehead atoms. The Kier molecular flexibility index (Phi) is 17.0. The van der Waals surface area contributed by atoms with Crippen molar-refractivity contribution in [2.45, 2.75) is 87.0 Å². The Labute approximate surface area is 390 Å². The van der Waals surface area contributed by atoms with E-state index in [9.17, 15) is 0 Å². The van der Waals surface area contributed by atoms with Crippen LogP contribution in [-0.4, -0.2) is 0 Å². The zero-order valence-electron chi connectivity index (χ0n) is 40.0. The maximum absolute atomic E-state index is 4.05. The molecule has 0 saturated heterocycles. The van der Waals surface area contributed by atoms with Crippen LogP contribution in [0.1, 0.15) is 111 Å². The highest BCUT2D eigenvalue weighted by molar-refractivity contribution is 7.12. The first-order valence-electron chi connectivity index (χ1n) is 22.5. The van der Waals surface area contributed by atoms with Gasteiger partial charge in [0.15, 0.2) is 0 Å². The maximum Gasteiger partial charge on any atom is 0.0159 e. The van der Waals surface area contributed by atoms with Gasteiger partial charge in [-0.25, -0.2) is 0 Å². The highest BCUT2D eigenvalue weighted by Crippen LogP contribution is 2.52. The molecule has 0 fully saturated rings. The van der Waals surface area contributed by atoms with Gasteiger partial charge in [0.1, 0.15) is 0 Å². The lowest BCUT2D eigenvalue weighted by Crippen LogP contribution is -2.15. The summed E-state index contributed by atoms with van der Waals surface area (Å²) in [4.78, 5) is 2.98. The van der Waals surface area contributed by atoms with Gasteiger partial charge in [-0.3, -0.25) is 0 Å². The zero-order chi connectivity index (χ0) is 46.6. The Hall–Kier alpha value is -6.28. The fourth-order valence-corrected chi connectivity index (χ4v) is 10.2. The first-order valence-corrected chi connectivity index (χ1v) is 23.4. The summed E-state index contributed by atoms with van der Waals surface area (Å²) < 4.78 is 0. The van der Waals surface area contributed by atoms with Gasteiger partial charge in [0.25, 0.3) is 0 Å². The van der Waals surface area contributed by atoms with Crippen LogP contribution in [0.3, 0.4) is 0 Å². The fourth-order valence-electron chi connectivity index (χ4n) is 8.94. The van der Waals surface area contributed by atoms with Crippen molar-refractivity contribution in [3.05, 3.63) is 243 Å². The van der Waals surface area contributed by atoms with Gasteiger partial charge in [-0.15, -0.1) is 11.3 Å². The van der Waals surface area contributed by atoms with E-state index < -0.39 is 0 Å².